The first kappa shape index (κ1) is 11.4. The van der Waals surface area contributed by atoms with Gasteiger partial charge in [0.15, 0.2) is 0 Å². The second kappa shape index (κ2) is 4.84. The Labute approximate surface area is 99.1 Å². The molecule has 88 valence electrons. The van der Waals surface area contributed by atoms with Crippen LogP contribution in [0.1, 0.15) is 16.1 Å². The average Bonchev–Trinajstić information content (AvgIpc) is 2.86. The minimum atomic E-state index is -0.355. The summed E-state index contributed by atoms with van der Waals surface area (Å²) in [4.78, 5) is 11.3. The number of hydrogen-bond acceptors (Lipinski definition) is 3. The number of aromatic nitrogens is 1. The molecule has 1 aromatic heterocycles. The highest BCUT2D eigenvalue weighted by Crippen LogP contribution is 2.14. The Morgan fingerprint density at radius 2 is 2.00 bits per heavy atom. The van der Waals surface area contributed by atoms with E-state index >= 15 is 0 Å². The van der Waals surface area contributed by atoms with Gasteiger partial charge >= 0.3 is 5.97 Å². The van der Waals surface area contributed by atoms with Crippen molar-refractivity contribution < 1.29 is 14.6 Å². The maximum Gasteiger partial charge on any atom is 0.337 e. The molecule has 4 nitrogen and oxygen atoms in total. The van der Waals surface area contributed by atoms with E-state index in [1.54, 1.807) is 12.1 Å². The molecule has 1 N–H and O–H groups in total. The van der Waals surface area contributed by atoms with Crippen LogP contribution in [0.5, 0.6) is 0 Å². The molecule has 0 aliphatic rings. The van der Waals surface area contributed by atoms with Crippen molar-refractivity contribution in [2.75, 3.05) is 7.11 Å². The molecule has 0 saturated heterocycles. The normalized spacial score (nSPS) is 10.2. The zero-order chi connectivity index (χ0) is 12.3. The summed E-state index contributed by atoms with van der Waals surface area (Å²) >= 11 is 0. The molecule has 0 atom stereocenters. The fraction of sp³-hybridized carbons (Fsp3) is 0.154. The lowest BCUT2D eigenvalue weighted by molar-refractivity contribution is 0.0601. The quantitative estimate of drug-likeness (QED) is 0.819. The number of benzene rings is 1. The number of hydrogen-bond donors (Lipinski definition) is 1. The van der Waals surface area contributed by atoms with Gasteiger partial charge in [-0.25, -0.2) is 4.79 Å². The molecular weight excluding hydrogens is 218 g/mol. The van der Waals surface area contributed by atoms with Crippen LogP contribution >= 0.6 is 0 Å². The second-order valence-corrected chi connectivity index (χ2v) is 3.57. The number of methoxy groups -OCH3 is 1. The first-order valence-corrected chi connectivity index (χ1v) is 5.22. The Balaban J connectivity index is 2.32. The van der Waals surface area contributed by atoms with E-state index in [0.29, 0.717) is 5.56 Å². The standard InChI is InChI=1S/C13H13NO3/c1-17-13(16)10-4-6-11(7-5-10)14-8-2-3-12(14)9-15/h2-8,15H,9H2,1H3. The molecule has 0 bridgehead atoms. The largest absolute Gasteiger partial charge is 0.465 e. The zero-order valence-corrected chi connectivity index (χ0v) is 9.46. The van der Waals surface area contributed by atoms with E-state index in [-0.39, 0.29) is 12.6 Å². The fourth-order valence-corrected chi connectivity index (χ4v) is 1.67. The molecule has 0 aliphatic heterocycles. The van der Waals surface area contributed by atoms with Crippen molar-refractivity contribution in [1.82, 2.24) is 4.57 Å². The molecule has 0 aliphatic carbocycles. The topological polar surface area (TPSA) is 51.5 Å². The van der Waals surface area contributed by atoms with Crippen LogP contribution in [0.15, 0.2) is 42.6 Å². The number of aliphatic hydroxyl groups is 1. The predicted octanol–water partition coefficient (Wildman–Crippen LogP) is 1.76. The summed E-state index contributed by atoms with van der Waals surface area (Å²) in [6, 6.07) is 10.7. The maximum absolute atomic E-state index is 11.3. The number of carbonyl (C=O) groups is 1. The molecule has 0 fully saturated rings. The molecular formula is C13H13NO3. The van der Waals surface area contributed by atoms with Gasteiger partial charge in [0.25, 0.3) is 0 Å². The van der Waals surface area contributed by atoms with Gasteiger partial charge in [0.2, 0.25) is 0 Å². The number of esters is 1. The second-order valence-electron chi connectivity index (χ2n) is 3.57. The minimum absolute atomic E-state index is 0.0221. The lowest BCUT2D eigenvalue weighted by atomic mass is 10.2. The van der Waals surface area contributed by atoms with Gasteiger partial charge in [-0.15, -0.1) is 0 Å². The maximum atomic E-state index is 11.3. The predicted molar refractivity (Wildman–Crippen MR) is 63.0 cm³/mol. The highest BCUT2D eigenvalue weighted by Gasteiger charge is 2.06. The Morgan fingerprint density at radius 1 is 1.29 bits per heavy atom. The highest BCUT2D eigenvalue weighted by atomic mass is 16.5. The number of rotatable bonds is 3. The van der Waals surface area contributed by atoms with Crippen molar-refractivity contribution in [3.63, 3.8) is 0 Å². The third-order valence-electron chi connectivity index (χ3n) is 2.56. The van der Waals surface area contributed by atoms with Crippen LogP contribution < -0.4 is 0 Å². The van der Waals surface area contributed by atoms with Gasteiger partial charge in [0, 0.05) is 17.6 Å². The molecule has 2 rings (SSSR count). The van der Waals surface area contributed by atoms with Gasteiger partial charge in [-0.3, -0.25) is 0 Å². The van der Waals surface area contributed by atoms with E-state index in [0.717, 1.165) is 11.4 Å². The summed E-state index contributed by atoms with van der Waals surface area (Å²) in [5.41, 5.74) is 2.21. The van der Waals surface area contributed by atoms with Gasteiger partial charge in [-0.05, 0) is 36.4 Å². The van der Waals surface area contributed by atoms with Crippen LogP contribution in [-0.2, 0) is 11.3 Å². The first-order chi connectivity index (χ1) is 8.26. The third kappa shape index (κ3) is 2.21. The summed E-state index contributed by atoms with van der Waals surface area (Å²) < 4.78 is 6.49. The molecule has 2 aromatic rings. The molecule has 1 aromatic carbocycles. The molecule has 1 heterocycles. The molecule has 17 heavy (non-hydrogen) atoms. The van der Waals surface area contributed by atoms with Crippen LogP contribution in [0.2, 0.25) is 0 Å². The molecule has 0 spiro atoms. The Morgan fingerprint density at radius 3 is 2.59 bits per heavy atom. The number of ether oxygens (including phenoxy) is 1. The lowest BCUT2D eigenvalue weighted by Gasteiger charge is -2.07. The van der Waals surface area contributed by atoms with E-state index in [1.807, 2.05) is 35.0 Å². The number of carbonyl (C=O) groups excluding carboxylic acids is 1. The summed E-state index contributed by atoms with van der Waals surface area (Å²) in [5.74, 6) is -0.355. The van der Waals surface area contributed by atoms with E-state index in [9.17, 15) is 4.79 Å². The average molecular weight is 231 g/mol. The monoisotopic (exact) mass is 231 g/mol. The van der Waals surface area contributed by atoms with Crippen LogP contribution in [0.25, 0.3) is 5.69 Å². The van der Waals surface area contributed by atoms with Crippen LogP contribution in [0.4, 0.5) is 0 Å². The van der Waals surface area contributed by atoms with E-state index in [4.69, 9.17) is 5.11 Å². The van der Waals surface area contributed by atoms with Crippen molar-refractivity contribution in [2.24, 2.45) is 0 Å². The lowest BCUT2D eigenvalue weighted by Crippen LogP contribution is -2.02. The summed E-state index contributed by atoms with van der Waals surface area (Å²) in [7, 11) is 1.35. The van der Waals surface area contributed by atoms with Gasteiger partial charge in [0.1, 0.15) is 0 Å². The van der Waals surface area contributed by atoms with Crippen molar-refractivity contribution >= 4 is 5.97 Å². The van der Waals surface area contributed by atoms with Crippen LogP contribution in [0.3, 0.4) is 0 Å². The minimum Gasteiger partial charge on any atom is -0.465 e. The van der Waals surface area contributed by atoms with Gasteiger partial charge in [-0.2, -0.15) is 0 Å². The van der Waals surface area contributed by atoms with Crippen LogP contribution in [-0.4, -0.2) is 22.8 Å². The third-order valence-corrected chi connectivity index (χ3v) is 2.56. The molecule has 4 heteroatoms. The smallest absolute Gasteiger partial charge is 0.337 e. The molecule has 0 saturated carbocycles. The number of aliphatic hydroxyl groups excluding tert-OH is 1. The molecule has 0 amide bonds. The highest BCUT2D eigenvalue weighted by molar-refractivity contribution is 5.89. The van der Waals surface area contributed by atoms with Gasteiger partial charge in [0.05, 0.1) is 19.3 Å². The molecule has 0 unspecified atom stereocenters. The van der Waals surface area contributed by atoms with E-state index < -0.39 is 0 Å². The molecule has 0 radical (unpaired) electrons. The van der Waals surface area contributed by atoms with Gasteiger partial charge < -0.3 is 14.4 Å². The van der Waals surface area contributed by atoms with Crippen molar-refractivity contribution in [3.8, 4) is 5.69 Å². The van der Waals surface area contributed by atoms with Crippen molar-refractivity contribution in [3.05, 3.63) is 53.9 Å². The first-order valence-electron chi connectivity index (χ1n) is 5.22. The van der Waals surface area contributed by atoms with Crippen molar-refractivity contribution in [2.45, 2.75) is 6.61 Å². The summed E-state index contributed by atoms with van der Waals surface area (Å²) in [6.07, 6.45) is 1.86. The Kier molecular flexibility index (Phi) is 3.25. The Bertz CT molecular complexity index is 514. The zero-order valence-electron chi connectivity index (χ0n) is 9.46. The van der Waals surface area contributed by atoms with Gasteiger partial charge in [-0.1, -0.05) is 0 Å². The van der Waals surface area contributed by atoms with E-state index in [1.165, 1.54) is 7.11 Å². The van der Waals surface area contributed by atoms with Crippen LogP contribution in [0, 0.1) is 0 Å². The van der Waals surface area contributed by atoms with Crippen molar-refractivity contribution in [1.29, 1.82) is 0 Å². The van der Waals surface area contributed by atoms with E-state index in [2.05, 4.69) is 4.74 Å². The summed E-state index contributed by atoms with van der Waals surface area (Å²) in [5, 5.41) is 9.15. The summed E-state index contributed by atoms with van der Waals surface area (Å²) in [6.45, 7) is -0.0221. The SMILES string of the molecule is COC(=O)c1ccc(-n2cccc2CO)cc1. The Hall–Kier alpha value is -2.07. The fourth-order valence-electron chi connectivity index (χ4n) is 1.67. The number of nitrogens with zero attached hydrogens (tertiary/aromatic N) is 1.